The Balaban J connectivity index is 1.91. The molecule has 0 radical (unpaired) electrons. The second-order valence-electron chi connectivity index (χ2n) is 7.15. The summed E-state index contributed by atoms with van der Waals surface area (Å²) in [6, 6.07) is 9.36. The standard InChI is InChI=1S/C18H27N3O4/c1-15(2)12-20-10-8-18(9-11-20,14-21(23)24)19-17(22)25-13-16-6-4-3-5-7-16/h3-7,15H,8-14H2,1-2H3,(H,19,22). The van der Waals surface area contributed by atoms with Gasteiger partial charge in [0, 0.05) is 24.6 Å². The number of rotatable bonds is 7. The predicted molar refractivity (Wildman–Crippen MR) is 94.9 cm³/mol. The fraction of sp³-hybridized carbons (Fsp3) is 0.611. The predicted octanol–water partition coefficient (Wildman–Crippen LogP) is 2.68. The third kappa shape index (κ3) is 6.34. The van der Waals surface area contributed by atoms with Crippen LogP contribution >= 0.6 is 0 Å². The van der Waals surface area contributed by atoms with Crippen LogP contribution in [0.1, 0.15) is 32.3 Å². The molecule has 1 aliphatic heterocycles. The van der Waals surface area contributed by atoms with E-state index in [-0.39, 0.29) is 18.1 Å². The zero-order chi connectivity index (χ0) is 18.3. The zero-order valence-electron chi connectivity index (χ0n) is 14.9. The van der Waals surface area contributed by atoms with E-state index in [9.17, 15) is 14.9 Å². The molecule has 7 heteroatoms. The first-order valence-corrected chi connectivity index (χ1v) is 8.71. The van der Waals surface area contributed by atoms with E-state index in [1.807, 2.05) is 30.3 Å². The number of piperidine rings is 1. The molecule has 1 saturated heterocycles. The largest absolute Gasteiger partial charge is 0.445 e. The molecule has 1 amide bonds. The van der Waals surface area contributed by atoms with E-state index >= 15 is 0 Å². The molecule has 138 valence electrons. The van der Waals surface area contributed by atoms with Crippen LogP contribution < -0.4 is 5.32 Å². The lowest BCUT2D eigenvalue weighted by atomic mass is 9.87. The van der Waals surface area contributed by atoms with E-state index in [0.717, 1.165) is 25.2 Å². The van der Waals surface area contributed by atoms with Crippen molar-refractivity contribution in [3.8, 4) is 0 Å². The van der Waals surface area contributed by atoms with E-state index in [0.29, 0.717) is 18.8 Å². The summed E-state index contributed by atoms with van der Waals surface area (Å²) in [5.74, 6) is 0.548. The lowest BCUT2D eigenvalue weighted by Crippen LogP contribution is -2.59. The summed E-state index contributed by atoms with van der Waals surface area (Å²) in [7, 11) is 0. The molecule has 25 heavy (non-hydrogen) atoms. The lowest BCUT2D eigenvalue weighted by Gasteiger charge is -2.39. The molecule has 1 aromatic carbocycles. The highest BCUT2D eigenvalue weighted by Gasteiger charge is 2.41. The van der Waals surface area contributed by atoms with Gasteiger partial charge in [-0.25, -0.2) is 4.79 Å². The number of carbonyl (C=O) groups excluding carboxylic acids is 1. The average Bonchev–Trinajstić information content (AvgIpc) is 2.55. The third-order valence-corrected chi connectivity index (χ3v) is 4.45. The summed E-state index contributed by atoms with van der Waals surface area (Å²) in [6.45, 7) is 6.63. The fourth-order valence-corrected chi connectivity index (χ4v) is 3.23. The van der Waals surface area contributed by atoms with Gasteiger partial charge in [0.2, 0.25) is 6.54 Å². The molecule has 0 bridgehead atoms. The normalized spacial score (nSPS) is 17.2. The van der Waals surface area contributed by atoms with Crippen LogP contribution in [0.15, 0.2) is 30.3 Å². The molecule has 0 atom stereocenters. The van der Waals surface area contributed by atoms with Crippen molar-refractivity contribution in [2.24, 2.45) is 5.92 Å². The Bertz CT molecular complexity index is 569. The third-order valence-electron chi connectivity index (χ3n) is 4.45. The Morgan fingerprint density at radius 1 is 1.32 bits per heavy atom. The van der Waals surface area contributed by atoms with E-state index < -0.39 is 11.6 Å². The number of likely N-dealkylation sites (tertiary alicyclic amines) is 1. The van der Waals surface area contributed by atoms with E-state index in [1.165, 1.54) is 0 Å². The fourth-order valence-electron chi connectivity index (χ4n) is 3.23. The van der Waals surface area contributed by atoms with Gasteiger partial charge in [0.25, 0.3) is 0 Å². The van der Waals surface area contributed by atoms with E-state index in [4.69, 9.17) is 4.74 Å². The zero-order valence-corrected chi connectivity index (χ0v) is 14.9. The molecule has 1 aromatic rings. The van der Waals surface area contributed by atoms with Crippen LogP contribution in [0.25, 0.3) is 0 Å². The number of benzene rings is 1. The lowest BCUT2D eigenvalue weighted by molar-refractivity contribution is -0.491. The van der Waals surface area contributed by atoms with Gasteiger partial charge >= 0.3 is 6.09 Å². The van der Waals surface area contributed by atoms with Crippen LogP contribution in [-0.4, -0.2) is 47.6 Å². The first kappa shape index (κ1) is 19.2. The van der Waals surface area contributed by atoms with Crippen molar-refractivity contribution in [3.63, 3.8) is 0 Å². The van der Waals surface area contributed by atoms with Gasteiger partial charge in [-0.05, 0) is 24.3 Å². The highest BCUT2D eigenvalue weighted by Crippen LogP contribution is 2.24. The molecular formula is C18H27N3O4. The van der Waals surface area contributed by atoms with Crippen LogP contribution in [0.2, 0.25) is 0 Å². The van der Waals surface area contributed by atoms with Gasteiger partial charge in [-0.1, -0.05) is 44.2 Å². The summed E-state index contributed by atoms with van der Waals surface area (Å²) < 4.78 is 5.24. The number of nitrogens with one attached hydrogen (secondary N) is 1. The molecule has 0 unspecified atom stereocenters. The first-order valence-electron chi connectivity index (χ1n) is 8.71. The highest BCUT2D eigenvalue weighted by atomic mass is 16.6. The monoisotopic (exact) mass is 349 g/mol. The topological polar surface area (TPSA) is 84.7 Å². The number of nitro groups is 1. The molecule has 1 fully saturated rings. The minimum absolute atomic E-state index is 0.153. The number of ether oxygens (including phenoxy) is 1. The number of nitrogens with zero attached hydrogens (tertiary/aromatic N) is 2. The van der Waals surface area contributed by atoms with Gasteiger partial charge < -0.3 is 15.0 Å². The smallest absolute Gasteiger partial charge is 0.408 e. The number of hydrogen-bond donors (Lipinski definition) is 1. The maximum Gasteiger partial charge on any atom is 0.408 e. The summed E-state index contributed by atoms with van der Waals surface area (Å²) in [5, 5.41) is 13.9. The van der Waals surface area contributed by atoms with Crippen molar-refractivity contribution in [3.05, 3.63) is 46.0 Å². The van der Waals surface area contributed by atoms with Gasteiger partial charge in [0.05, 0.1) is 0 Å². The summed E-state index contributed by atoms with van der Waals surface area (Å²) >= 11 is 0. The summed E-state index contributed by atoms with van der Waals surface area (Å²) in [5.41, 5.74) is 0.0535. The van der Waals surface area contributed by atoms with Crippen LogP contribution in [0.4, 0.5) is 4.79 Å². The maximum atomic E-state index is 12.2. The van der Waals surface area contributed by atoms with Gasteiger partial charge in [0.15, 0.2) is 0 Å². The quantitative estimate of drug-likeness (QED) is 0.604. The summed E-state index contributed by atoms with van der Waals surface area (Å²) in [4.78, 5) is 25.2. The molecule has 1 heterocycles. The van der Waals surface area contributed by atoms with Crippen molar-refractivity contribution in [1.82, 2.24) is 10.2 Å². The molecule has 1 aliphatic rings. The van der Waals surface area contributed by atoms with Crippen molar-refractivity contribution >= 4 is 6.09 Å². The SMILES string of the molecule is CC(C)CN1CCC(C[N+](=O)[O-])(NC(=O)OCc2ccccc2)CC1. The second-order valence-corrected chi connectivity index (χ2v) is 7.15. The van der Waals surface area contributed by atoms with Crippen molar-refractivity contribution in [1.29, 1.82) is 0 Å². The van der Waals surface area contributed by atoms with Crippen LogP contribution in [0.5, 0.6) is 0 Å². The number of carbonyl (C=O) groups is 1. The molecule has 7 nitrogen and oxygen atoms in total. The minimum Gasteiger partial charge on any atom is -0.445 e. The van der Waals surface area contributed by atoms with Gasteiger partial charge in [0.1, 0.15) is 12.1 Å². The molecule has 0 aliphatic carbocycles. The second kappa shape index (κ2) is 8.80. The molecular weight excluding hydrogens is 322 g/mol. The van der Waals surface area contributed by atoms with Crippen molar-refractivity contribution in [2.75, 3.05) is 26.2 Å². The number of alkyl carbamates (subject to hydrolysis) is 1. The highest BCUT2D eigenvalue weighted by molar-refractivity contribution is 5.68. The molecule has 2 rings (SSSR count). The van der Waals surface area contributed by atoms with E-state index in [1.54, 1.807) is 0 Å². The Labute approximate surface area is 148 Å². The Morgan fingerprint density at radius 3 is 2.52 bits per heavy atom. The average molecular weight is 349 g/mol. The minimum atomic E-state index is -0.829. The maximum absolute atomic E-state index is 12.2. The van der Waals surface area contributed by atoms with Crippen molar-refractivity contribution in [2.45, 2.75) is 38.8 Å². The molecule has 1 N–H and O–H groups in total. The summed E-state index contributed by atoms with van der Waals surface area (Å²) in [6.07, 6.45) is 0.519. The van der Waals surface area contributed by atoms with Crippen LogP contribution in [0, 0.1) is 16.0 Å². The Hall–Kier alpha value is -2.15. The number of hydrogen-bond acceptors (Lipinski definition) is 5. The Kier molecular flexibility index (Phi) is 6.75. The van der Waals surface area contributed by atoms with Crippen LogP contribution in [0.3, 0.4) is 0 Å². The molecule has 0 aromatic heterocycles. The molecule has 0 saturated carbocycles. The van der Waals surface area contributed by atoms with Crippen LogP contribution in [-0.2, 0) is 11.3 Å². The number of amides is 1. The van der Waals surface area contributed by atoms with Crippen molar-refractivity contribution < 1.29 is 14.5 Å². The molecule has 0 spiro atoms. The Morgan fingerprint density at radius 2 is 1.96 bits per heavy atom. The van der Waals surface area contributed by atoms with Gasteiger partial charge in [-0.3, -0.25) is 10.1 Å². The van der Waals surface area contributed by atoms with E-state index in [2.05, 4.69) is 24.1 Å². The van der Waals surface area contributed by atoms with Gasteiger partial charge in [-0.2, -0.15) is 0 Å². The van der Waals surface area contributed by atoms with Gasteiger partial charge in [-0.15, -0.1) is 0 Å². The first-order chi connectivity index (χ1) is 11.9.